The Hall–Kier alpha value is -2.67. The smallest absolute Gasteiger partial charge is 0.249 e. The molecule has 0 aliphatic carbocycles. The van der Waals surface area contributed by atoms with E-state index >= 15 is 0 Å². The molecule has 1 aliphatic rings. The van der Waals surface area contributed by atoms with Crippen molar-refractivity contribution in [3.63, 3.8) is 0 Å². The summed E-state index contributed by atoms with van der Waals surface area (Å²) in [5, 5.41) is 0.663. The molecule has 1 aromatic heterocycles. The maximum atomic E-state index is 12.9. The highest BCUT2D eigenvalue weighted by atomic mass is 35.5. The summed E-state index contributed by atoms with van der Waals surface area (Å²) in [7, 11) is 0. The number of nitrogens with zero attached hydrogens (tertiary/aromatic N) is 3. The van der Waals surface area contributed by atoms with Crippen LogP contribution < -0.4 is 5.73 Å². The van der Waals surface area contributed by atoms with Crippen LogP contribution in [0.15, 0.2) is 60.8 Å². The van der Waals surface area contributed by atoms with Crippen molar-refractivity contribution in [3.8, 4) is 11.3 Å². The Morgan fingerprint density at radius 2 is 1.97 bits per heavy atom. The first-order valence-corrected chi connectivity index (χ1v) is 11.3. The number of halogens is 1. The quantitative estimate of drug-likeness (QED) is 0.584. The van der Waals surface area contributed by atoms with Crippen LogP contribution in [0.2, 0.25) is 5.02 Å². The van der Waals surface area contributed by atoms with Gasteiger partial charge in [0.05, 0.1) is 17.8 Å². The highest BCUT2D eigenvalue weighted by Crippen LogP contribution is 2.33. The number of aromatic nitrogens is 2. The van der Waals surface area contributed by atoms with E-state index in [1.165, 1.54) is 5.56 Å². The van der Waals surface area contributed by atoms with Gasteiger partial charge in [-0.05, 0) is 23.6 Å². The Kier molecular flexibility index (Phi) is 6.94. The number of morpholine rings is 1. The van der Waals surface area contributed by atoms with Gasteiger partial charge in [0.1, 0.15) is 12.4 Å². The molecular formula is C25H29ClN4O2. The summed E-state index contributed by atoms with van der Waals surface area (Å²) in [6, 6.07) is 17.7. The van der Waals surface area contributed by atoms with Crippen molar-refractivity contribution in [2.24, 2.45) is 11.7 Å². The minimum Gasteiger partial charge on any atom is -0.365 e. The number of nitrogens with two attached hydrogens (primary N) is 1. The molecule has 1 saturated heterocycles. The van der Waals surface area contributed by atoms with E-state index < -0.39 is 0 Å². The average Bonchev–Trinajstić information content (AvgIpc) is 3.19. The fourth-order valence-corrected chi connectivity index (χ4v) is 4.40. The highest BCUT2D eigenvalue weighted by Gasteiger charge is 2.36. The number of carbonyl (C=O) groups excluding carboxylic acids is 1. The molecule has 2 atom stereocenters. The molecule has 7 heteroatoms. The van der Waals surface area contributed by atoms with E-state index in [0.717, 1.165) is 17.1 Å². The lowest BCUT2D eigenvalue weighted by atomic mass is 10.00. The molecule has 0 radical (unpaired) electrons. The second-order valence-electron chi connectivity index (χ2n) is 8.51. The molecule has 1 fully saturated rings. The molecule has 0 saturated carbocycles. The highest BCUT2D eigenvalue weighted by molar-refractivity contribution is 6.30. The third-order valence-electron chi connectivity index (χ3n) is 5.78. The molecular weight excluding hydrogens is 424 g/mol. The molecule has 2 heterocycles. The van der Waals surface area contributed by atoms with Crippen molar-refractivity contribution >= 4 is 17.5 Å². The van der Waals surface area contributed by atoms with Crippen molar-refractivity contribution in [3.05, 3.63) is 77.2 Å². The molecule has 1 amide bonds. The number of rotatable bonds is 7. The fourth-order valence-electron chi connectivity index (χ4n) is 4.21. The second-order valence-corrected chi connectivity index (χ2v) is 8.95. The molecule has 0 spiro atoms. The number of ether oxygens (including phenoxy) is 1. The van der Waals surface area contributed by atoms with Gasteiger partial charge in [-0.15, -0.1) is 0 Å². The lowest BCUT2D eigenvalue weighted by Gasteiger charge is -2.39. The molecule has 3 aromatic rings. The van der Waals surface area contributed by atoms with E-state index in [1.807, 2.05) is 47.4 Å². The number of benzene rings is 2. The van der Waals surface area contributed by atoms with Crippen LogP contribution in [-0.4, -0.2) is 46.2 Å². The van der Waals surface area contributed by atoms with E-state index in [0.29, 0.717) is 24.7 Å². The van der Waals surface area contributed by atoms with Crippen molar-refractivity contribution in [2.45, 2.75) is 32.5 Å². The minimum atomic E-state index is -0.197. The number of hydrogen-bond donors (Lipinski definition) is 1. The maximum Gasteiger partial charge on any atom is 0.249 e. The van der Waals surface area contributed by atoms with Gasteiger partial charge in [-0.3, -0.25) is 4.79 Å². The first-order valence-electron chi connectivity index (χ1n) is 10.9. The normalized spacial score (nSPS) is 17.7. The lowest BCUT2D eigenvalue weighted by Crippen LogP contribution is -2.51. The standard InChI is InChI=1S/C25H29ClN4O2/c1-17(2)24(30-14-21(12-27)32-16-23(30)31)25-28-22(19-9-6-10-20(26)11-19)15-29(25)13-18-7-4-3-5-8-18/h3-11,15,17,21,24H,12-14,16,27H2,1-2H3/t21-,24+/m0/s1. The molecule has 1 aliphatic heterocycles. The van der Waals surface area contributed by atoms with Crippen LogP contribution in [0.3, 0.4) is 0 Å². The summed E-state index contributed by atoms with van der Waals surface area (Å²) < 4.78 is 7.74. The summed E-state index contributed by atoms with van der Waals surface area (Å²) >= 11 is 6.24. The fraction of sp³-hybridized carbons (Fsp3) is 0.360. The third-order valence-corrected chi connectivity index (χ3v) is 6.02. The summed E-state index contributed by atoms with van der Waals surface area (Å²) in [5.74, 6) is 0.969. The SMILES string of the molecule is CC(C)[C@H](c1nc(-c2cccc(Cl)c2)cn1Cc1ccccc1)N1C[C@H](CN)OCC1=O. The number of carbonyl (C=O) groups is 1. The van der Waals surface area contributed by atoms with Crippen molar-refractivity contribution in [2.75, 3.05) is 19.7 Å². The van der Waals surface area contributed by atoms with Gasteiger partial charge in [-0.2, -0.15) is 0 Å². The van der Waals surface area contributed by atoms with E-state index in [1.54, 1.807) is 0 Å². The van der Waals surface area contributed by atoms with Crippen molar-refractivity contribution < 1.29 is 9.53 Å². The Labute approximate surface area is 194 Å². The minimum absolute atomic E-state index is 0.0352. The topological polar surface area (TPSA) is 73.4 Å². The van der Waals surface area contributed by atoms with Gasteiger partial charge in [0, 0.05) is 36.4 Å². The summed E-state index contributed by atoms with van der Waals surface area (Å²) in [6.45, 7) is 5.78. The number of amides is 1. The van der Waals surface area contributed by atoms with Crippen LogP contribution in [0.5, 0.6) is 0 Å². The lowest BCUT2D eigenvalue weighted by molar-refractivity contribution is -0.153. The largest absolute Gasteiger partial charge is 0.365 e. The average molecular weight is 453 g/mol. The number of imidazole rings is 1. The molecule has 2 aromatic carbocycles. The predicted molar refractivity (Wildman–Crippen MR) is 126 cm³/mol. The van der Waals surface area contributed by atoms with Gasteiger partial charge in [-0.25, -0.2) is 4.98 Å². The third kappa shape index (κ3) is 4.88. The Morgan fingerprint density at radius 3 is 2.66 bits per heavy atom. The second kappa shape index (κ2) is 9.86. The molecule has 0 unspecified atom stereocenters. The zero-order valence-electron chi connectivity index (χ0n) is 18.4. The summed E-state index contributed by atoms with van der Waals surface area (Å²) in [6.07, 6.45) is 1.88. The molecule has 32 heavy (non-hydrogen) atoms. The molecule has 0 bridgehead atoms. The van der Waals surface area contributed by atoms with Crippen LogP contribution in [0.4, 0.5) is 0 Å². The zero-order chi connectivity index (χ0) is 22.7. The predicted octanol–water partition coefficient (Wildman–Crippen LogP) is 4.14. The van der Waals surface area contributed by atoms with Gasteiger partial charge in [-0.1, -0.05) is 67.9 Å². The monoisotopic (exact) mass is 452 g/mol. The molecule has 6 nitrogen and oxygen atoms in total. The van der Waals surface area contributed by atoms with Gasteiger partial charge in [0.25, 0.3) is 0 Å². The van der Waals surface area contributed by atoms with Crippen molar-refractivity contribution in [1.29, 1.82) is 0 Å². The Morgan fingerprint density at radius 1 is 1.19 bits per heavy atom. The zero-order valence-corrected chi connectivity index (χ0v) is 19.2. The maximum absolute atomic E-state index is 12.9. The Balaban J connectivity index is 1.79. The van der Waals surface area contributed by atoms with E-state index in [9.17, 15) is 4.79 Å². The number of hydrogen-bond acceptors (Lipinski definition) is 4. The van der Waals surface area contributed by atoms with Crippen LogP contribution in [0.1, 0.15) is 31.3 Å². The van der Waals surface area contributed by atoms with Gasteiger partial charge < -0.3 is 19.9 Å². The van der Waals surface area contributed by atoms with Crippen molar-refractivity contribution in [1.82, 2.24) is 14.5 Å². The van der Waals surface area contributed by atoms with E-state index in [-0.39, 0.29) is 30.6 Å². The first kappa shape index (κ1) is 22.5. The summed E-state index contributed by atoms with van der Waals surface area (Å²) in [4.78, 5) is 19.8. The Bertz CT molecular complexity index is 1070. The van der Waals surface area contributed by atoms with Crippen LogP contribution in [0, 0.1) is 5.92 Å². The van der Waals surface area contributed by atoms with Crippen LogP contribution >= 0.6 is 11.6 Å². The van der Waals surface area contributed by atoms with Crippen LogP contribution in [-0.2, 0) is 16.1 Å². The van der Waals surface area contributed by atoms with E-state index in [4.69, 9.17) is 27.1 Å². The molecule has 2 N–H and O–H groups in total. The van der Waals surface area contributed by atoms with E-state index in [2.05, 4.69) is 36.7 Å². The molecule has 168 valence electrons. The first-order chi connectivity index (χ1) is 15.5. The van der Waals surface area contributed by atoms with Crippen LogP contribution in [0.25, 0.3) is 11.3 Å². The summed E-state index contributed by atoms with van der Waals surface area (Å²) in [5.41, 5.74) is 8.80. The molecule has 4 rings (SSSR count). The van der Waals surface area contributed by atoms with Gasteiger partial charge in [0.15, 0.2) is 0 Å². The van der Waals surface area contributed by atoms with Gasteiger partial charge >= 0.3 is 0 Å². The van der Waals surface area contributed by atoms with Gasteiger partial charge in [0.2, 0.25) is 5.91 Å².